The lowest BCUT2D eigenvalue weighted by Gasteiger charge is -1.98. The van der Waals surface area contributed by atoms with E-state index in [0.29, 0.717) is 11.6 Å². The first-order valence-corrected chi connectivity index (χ1v) is 3.40. The lowest BCUT2D eigenvalue weighted by Crippen LogP contribution is -1.89. The van der Waals surface area contributed by atoms with Crippen LogP contribution in [-0.4, -0.2) is 5.71 Å². The Bertz CT molecular complexity index is 209. The molecule has 1 unspecified atom stereocenters. The first-order valence-electron chi connectivity index (χ1n) is 3.40. The van der Waals surface area contributed by atoms with E-state index in [9.17, 15) is 0 Å². The summed E-state index contributed by atoms with van der Waals surface area (Å²) in [7, 11) is 0. The third-order valence-corrected chi connectivity index (χ3v) is 1.38. The second-order valence-corrected chi connectivity index (χ2v) is 2.42. The monoisotopic (exact) mass is 133 g/mol. The Morgan fingerprint density at radius 2 is 2.00 bits per heavy atom. The first kappa shape index (κ1) is 7.00. The second-order valence-electron chi connectivity index (χ2n) is 2.42. The average Bonchev–Trinajstić information content (AvgIpc) is 1.90. The van der Waals surface area contributed by atoms with Gasteiger partial charge in [-0.25, -0.2) is 0 Å². The molecule has 1 aliphatic rings. The lowest BCUT2D eigenvalue weighted by atomic mass is 10.1. The zero-order valence-electron chi connectivity index (χ0n) is 6.04. The van der Waals surface area contributed by atoms with Crippen LogP contribution in [0.2, 0.25) is 0 Å². The molecule has 52 valence electrons. The van der Waals surface area contributed by atoms with Crippen LogP contribution in [0.1, 0.15) is 6.92 Å². The van der Waals surface area contributed by atoms with Gasteiger partial charge in [-0.3, -0.25) is 0 Å². The van der Waals surface area contributed by atoms with Crippen LogP contribution in [0.3, 0.4) is 0 Å². The molecule has 10 heavy (non-hydrogen) atoms. The Kier molecular flexibility index (Phi) is 2.21. The highest BCUT2D eigenvalue weighted by Gasteiger charge is 1.91. The van der Waals surface area contributed by atoms with Gasteiger partial charge in [-0.15, -0.1) is 0 Å². The summed E-state index contributed by atoms with van der Waals surface area (Å²) >= 11 is 0. The van der Waals surface area contributed by atoms with Gasteiger partial charge >= 0.3 is 0 Å². The number of hydrogen-bond acceptors (Lipinski definition) is 1. The summed E-state index contributed by atoms with van der Waals surface area (Å²) in [5, 5.41) is 7.31. The Hall–Kier alpha value is -1.11. The minimum Gasteiger partial charge on any atom is -0.301 e. The van der Waals surface area contributed by atoms with Crippen LogP contribution < -0.4 is 0 Å². The fraction of sp³-hybridized carbons (Fsp3) is 0.222. The van der Waals surface area contributed by atoms with Crippen molar-refractivity contribution in [2.75, 3.05) is 0 Å². The highest BCUT2D eigenvalue weighted by Crippen LogP contribution is 2.02. The second kappa shape index (κ2) is 3.16. The molecule has 1 aliphatic carbocycles. The van der Waals surface area contributed by atoms with Crippen LogP contribution in [0.5, 0.6) is 0 Å². The van der Waals surface area contributed by atoms with Crippen LogP contribution in [0.15, 0.2) is 36.5 Å². The van der Waals surface area contributed by atoms with E-state index in [1.54, 1.807) is 6.08 Å². The largest absolute Gasteiger partial charge is 0.301 e. The van der Waals surface area contributed by atoms with Crippen LogP contribution >= 0.6 is 0 Å². The molecule has 0 aromatic rings. The quantitative estimate of drug-likeness (QED) is 0.524. The normalized spacial score (nSPS) is 30.9. The molecule has 0 bridgehead atoms. The molecule has 0 aromatic heterocycles. The van der Waals surface area contributed by atoms with E-state index < -0.39 is 0 Å². The van der Waals surface area contributed by atoms with Gasteiger partial charge < -0.3 is 5.41 Å². The number of rotatable bonds is 0. The molecule has 0 aliphatic heterocycles. The number of nitrogens with one attached hydrogen (secondary N) is 1. The van der Waals surface area contributed by atoms with Crippen molar-refractivity contribution in [3.05, 3.63) is 36.5 Å². The van der Waals surface area contributed by atoms with Gasteiger partial charge in [-0.05, 0) is 18.1 Å². The highest BCUT2D eigenvalue weighted by molar-refractivity contribution is 6.01. The topological polar surface area (TPSA) is 23.9 Å². The van der Waals surface area contributed by atoms with E-state index in [1.165, 1.54) is 0 Å². The van der Waals surface area contributed by atoms with Crippen molar-refractivity contribution in [2.45, 2.75) is 6.92 Å². The van der Waals surface area contributed by atoms with Crippen LogP contribution in [0.25, 0.3) is 0 Å². The fourth-order valence-electron chi connectivity index (χ4n) is 0.774. The summed E-state index contributed by atoms with van der Waals surface area (Å²) in [5.41, 5.74) is 0.566. The molecule has 1 N–H and O–H groups in total. The maximum Gasteiger partial charge on any atom is 0.0536 e. The summed E-state index contributed by atoms with van der Waals surface area (Å²) in [6.45, 7) is 2.10. The molecule has 0 radical (unpaired) electrons. The predicted molar refractivity (Wildman–Crippen MR) is 44.3 cm³/mol. The van der Waals surface area contributed by atoms with E-state index in [4.69, 9.17) is 5.41 Å². The molecule has 1 nitrogen and oxygen atoms in total. The Labute approximate surface area is 61.3 Å². The van der Waals surface area contributed by atoms with Crippen LogP contribution in [0, 0.1) is 11.3 Å². The Morgan fingerprint density at radius 3 is 2.80 bits per heavy atom. The van der Waals surface area contributed by atoms with Gasteiger partial charge in [0.2, 0.25) is 0 Å². The summed E-state index contributed by atoms with van der Waals surface area (Å²) in [6, 6.07) is 0. The summed E-state index contributed by atoms with van der Waals surface area (Å²) in [4.78, 5) is 0. The molecule has 0 spiro atoms. The van der Waals surface area contributed by atoms with Gasteiger partial charge in [0.1, 0.15) is 0 Å². The highest BCUT2D eigenvalue weighted by atomic mass is 14.4. The fourth-order valence-corrected chi connectivity index (χ4v) is 0.774. The Balaban J connectivity index is 2.79. The van der Waals surface area contributed by atoms with Gasteiger partial charge in [0.15, 0.2) is 0 Å². The molecule has 0 heterocycles. The van der Waals surface area contributed by atoms with Gasteiger partial charge in [0.25, 0.3) is 0 Å². The molecule has 0 fully saturated rings. The van der Waals surface area contributed by atoms with Crippen molar-refractivity contribution in [3.63, 3.8) is 0 Å². The van der Waals surface area contributed by atoms with Crippen molar-refractivity contribution in [1.82, 2.24) is 0 Å². The van der Waals surface area contributed by atoms with Crippen molar-refractivity contribution in [1.29, 1.82) is 5.41 Å². The van der Waals surface area contributed by atoms with E-state index >= 15 is 0 Å². The van der Waals surface area contributed by atoms with Gasteiger partial charge in [-0.1, -0.05) is 31.2 Å². The minimum atomic E-state index is 0.449. The molecule has 0 aromatic carbocycles. The van der Waals surface area contributed by atoms with E-state index in [2.05, 4.69) is 13.0 Å². The number of hydrogen-bond donors (Lipinski definition) is 1. The van der Waals surface area contributed by atoms with Crippen molar-refractivity contribution in [2.24, 2.45) is 5.92 Å². The minimum absolute atomic E-state index is 0.449. The maximum atomic E-state index is 7.31. The zero-order chi connectivity index (χ0) is 7.40. The van der Waals surface area contributed by atoms with Gasteiger partial charge in [0, 0.05) is 0 Å². The van der Waals surface area contributed by atoms with Gasteiger partial charge in [0.05, 0.1) is 5.71 Å². The maximum absolute atomic E-state index is 7.31. The van der Waals surface area contributed by atoms with E-state index in [0.717, 1.165) is 0 Å². The number of allylic oxidation sites excluding steroid dienone is 6. The van der Waals surface area contributed by atoms with E-state index in [-0.39, 0.29) is 0 Å². The summed E-state index contributed by atoms with van der Waals surface area (Å²) in [6.07, 6.45) is 11.6. The lowest BCUT2D eigenvalue weighted by molar-refractivity contribution is 0.940. The van der Waals surface area contributed by atoms with Crippen molar-refractivity contribution in [3.8, 4) is 0 Å². The summed E-state index contributed by atoms with van der Waals surface area (Å²) < 4.78 is 0. The molecule has 1 rings (SSSR count). The predicted octanol–water partition coefficient (Wildman–Crippen LogP) is 2.32. The standard InChI is InChI=1S/C9H11N/c1-8-4-2-3-5-9(10)7-6-8/h2-8,10H,1H3/b4-2-,5-3-,7-6?,10-9?. The van der Waals surface area contributed by atoms with Crippen molar-refractivity contribution >= 4 is 5.71 Å². The first-order chi connectivity index (χ1) is 4.79. The molecule has 0 saturated carbocycles. The molecular weight excluding hydrogens is 122 g/mol. The average molecular weight is 133 g/mol. The smallest absolute Gasteiger partial charge is 0.0536 e. The van der Waals surface area contributed by atoms with Crippen molar-refractivity contribution < 1.29 is 0 Å². The summed E-state index contributed by atoms with van der Waals surface area (Å²) in [5.74, 6) is 0.449. The molecular formula is C9H11N. The molecule has 0 amide bonds. The van der Waals surface area contributed by atoms with Crippen LogP contribution in [-0.2, 0) is 0 Å². The Morgan fingerprint density at radius 1 is 1.20 bits per heavy atom. The molecule has 1 heteroatoms. The van der Waals surface area contributed by atoms with Gasteiger partial charge in [-0.2, -0.15) is 0 Å². The zero-order valence-corrected chi connectivity index (χ0v) is 6.04. The molecule has 1 atom stereocenters. The van der Waals surface area contributed by atoms with Crippen LogP contribution in [0.4, 0.5) is 0 Å². The SMILES string of the molecule is CC1C=CC(=N)/C=C\C=C/1. The third-order valence-electron chi connectivity index (χ3n) is 1.38. The van der Waals surface area contributed by atoms with E-state index in [1.807, 2.05) is 24.3 Å². The molecule has 0 saturated heterocycles. The third kappa shape index (κ3) is 2.02.